The molecule has 1 aliphatic rings. The predicted molar refractivity (Wildman–Crippen MR) is 86.5 cm³/mol. The lowest BCUT2D eigenvalue weighted by atomic mass is 10.0. The molecule has 1 amide bonds. The number of rotatable bonds is 10. The molecule has 0 aromatic heterocycles. The third-order valence-electron chi connectivity index (χ3n) is 4.13. The van der Waals surface area contributed by atoms with Crippen LogP contribution in [0.4, 0.5) is 0 Å². The van der Waals surface area contributed by atoms with Crippen LogP contribution in [0.25, 0.3) is 0 Å². The maximum Gasteiger partial charge on any atom is 0.237 e. The number of hydrogen-bond donors (Lipinski definition) is 2. The zero-order valence-electron chi connectivity index (χ0n) is 14.0. The van der Waals surface area contributed by atoms with E-state index < -0.39 is 0 Å². The number of hydrogen-bond acceptors (Lipinski definition) is 4. The smallest absolute Gasteiger partial charge is 0.237 e. The Labute approximate surface area is 129 Å². The van der Waals surface area contributed by atoms with Crippen molar-refractivity contribution >= 4 is 5.91 Å². The van der Waals surface area contributed by atoms with E-state index in [1.165, 1.54) is 19.3 Å². The van der Waals surface area contributed by atoms with Gasteiger partial charge in [-0.25, -0.2) is 0 Å². The normalized spacial score (nSPS) is 20.5. The fraction of sp³-hybridized carbons (Fsp3) is 0.938. The van der Waals surface area contributed by atoms with Crippen LogP contribution in [0.2, 0.25) is 0 Å². The minimum absolute atomic E-state index is 0.0591. The van der Waals surface area contributed by atoms with Crippen molar-refractivity contribution in [3.05, 3.63) is 0 Å². The van der Waals surface area contributed by atoms with Crippen LogP contribution in [-0.4, -0.2) is 62.8 Å². The highest BCUT2D eigenvalue weighted by Gasteiger charge is 2.24. The van der Waals surface area contributed by atoms with Gasteiger partial charge in [0.15, 0.2) is 0 Å². The molecule has 0 bridgehead atoms. The number of piperidine rings is 1. The number of amides is 1. The summed E-state index contributed by atoms with van der Waals surface area (Å²) in [6.07, 6.45) is 5.75. The van der Waals surface area contributed by atoms with Crippen molar-refractivity contribution in [3.63, 3.8) is 0 Å². The van der Waals surface area contributed by atoms with Gasteiger partial charge in [-0.1, -0.05) is 13.3 Å². The Hall–Kier alpha value is -0.650. The number of ether oxygens (including phenoxy) is 1. The second kappa shape index (κ2) is 11.0. The van der Waals surface area contributed by atoms with Crippen LogP contribution in [0, 0.1) is 0 Å². The Morgan fingerprint density at radius 3 is 2.90 bits per heavy atom. The summed E-state index contributed by atoms with van der Waals surface area (Å²) in [5.41, 5.74) is 0. The Balaban J connectivity index is 2.39. The molecule has 1 rings (SSSR count). The first-order valence-electron chi connectivity index (χ1n) is 8.43. The molecule has 2 N–H and O–H groups in total. The van der Waals surface area contributed by atoms with Gasteiger partial charge in [0.2, 0.25) is 5.91 Å². The highest BCUT2D eigenvalue weighted by molar-refractivity contribution is 5.81. The van der Waals surface area contributed by atoms with Crippen molar-refractivity contribution in [3.8, 4) is 0 Å². The highest BCUT2D eigenvalue weighted by Crippen LogP contribution is 2.11. The first-order valence-corrected chi connectivity index (χ1v) is 8.43. The quantitative estimate of drug-likeness (QED) is 0.599. The molecule has 0 saturated carbocycles. The Morgan fingerprint density at radius 1 is 1.48 bits per heavy atom. The summed E-state index contributed by atoms with van der Waals surface area (Å²) in [4.78, 5) is 14.6. The molecule has 2 unspecified atom stereocenters. The molecule has 1 fully saturated rings. The van der Waals surface area contributed by atoms with Crippen LogP contribution >= 0.6 is 0 Å². The van der Waals surface area contributed by atoms with Gasteiger partial charge in [-0.3, -0.25) is 9.69 Å². The fourth-order valence-electron chi connectivity index (χ4n) is 2.83. The molecule has 5 heteroatoms. The van der Waals surface area contributed by atoms with Crippen LogP contribution in [0.15, 0.2) is 0 Å². The molecular weight excluding hydrogens is 266 g/mol. The summed E-state index contributed by atoms with van der Waals surface area (Å²) in [6.45, 7) is 8.64. The van der Waals surface area contributed by atoms with E-state index in [9.17, 15) is 4.79 Å². The molecule has 0 spiro atoms. The van der Waals surface area contributed by atoms with Gasteiger partial charge in [0, 0.05) is 32.8 Å². The maximum atomic E-state index is 12.3. The third kappa shape index (κ3) is 7.25. The molecule has 1 heterocycles. The van der Waals surface area contributed by atoms with E-state index in [4.69, 9.17) is 4.74 Å². The van der Waals surface area contributed by atoms with Crippen molar-refractivity contribution in [2.24, 2.45) is 0 Å². The summed E-state index contributed by atoms with van der Waals surface area (Å²) >= 11 is 0. The minimum atomic E-state index is -0.0591. The summed E-state index contributed by atoms with van der Waals surface area (Å²) < 4.78 is 5.00. The fourth-order valence-corrected chi connectivity index (χ4v) is 2.83. The van der Waals surface area contributed by atoms with E-state index in [0.29, 0.717) is 19.2 Å². The Bertz CT molecular complexity index is 281. The summed E-state index contributed by atoms with van der Waals surface area (Å²) in [7, 11) is 1.69. The minimum Gasteiger partial charge on any atom is -0.385 e. The van der Waals surface area contributed by atoms with Gasteiger partial charge in [-0.05, 0) is 45.7 Å². The lowest BCUT2D eigenvalue weighted by molar-refractivity contribution is -0.126. The molecule has 0 aromatic carbocycles. The number of nitrogens with one attached hydrogen (secondary N) is 2. The zero-order chi connectivity index (χ0) is 15.5. The SMILES string of the molecule is CCCN(CC1CCCCN1)C(C)C(=O)NCCCOC. The van der Waals surface area contributed by atoms with Gasteiger partial charge in [0.05, 0.1) is 6.04 Å². The van der Waals surface area contributed by atoms with Crippen molar-refractivity contribution in [2.45, 2.75) is 58.0 Å². The molecular formula is C16H33N3O2. The van der Waals surface area contributed by atoms with Gasteiger partial charge >= 0.3 is 0 Å². The van der Waals surface area contributed by atoms with E-state index >= 15 is 0 Å². The van der Waals surface area contributed by atoms with Gasteiger partial charge in [0.1, 0.15) is 0 Å². The van der Waals surface area contributed by atoms with E-state index in [-0.39, 0.29) is 11.9 Å². The van der Waals surface area contributed by atoms with Crippen LogP contribution in [-0.2, 0) is 9.53 Å². The van der Waals surface area contributed by atoms with Crippen LogP contribution in [0.1, 0.15) is 46.0 Å². The van der Waals surface area contributed by atoms with Crippen LogP contribution in [0.5, 0.6) is 0 Å². The van der Waals surface area contributed by atoms with Crippen LogP contribution < -0.4 is 10.6 Å². The molecule has 0 radical (unpaired) electrons. The predicted octanol–water partition coefficient (Wildman–Crippen LogP) is 1.38. The standard InChI is InChI=1S/C16H33N3O2/c1-4-11-19(13-15-8-5-6-9-17-15)14(2)16(20)18-10-7-12-21-3/h14-15,17H,4-13H2,1-3H3,(H,18,20). The summed E-state index contributed by atoms with van der Waals surface area (Å²) in [5.74, 6) is 0.135. The Morgan fingerprint density at radius 2 is 2.29 bits per heavy atom. The third-order valence-corrected chi connectivity index (χ3v) is 4.13. The second-order valence-corrected chi connectivity index (χ2v) is 5.96. The number of nitrogens with zero attached hydrogens (tertiary/aromatic N) is 1. The van der Waals surface area contributed by atoms with Crippen molar-refractivity contribution in [1.29, 1.82) is 0 Å². The van der Waals surface area contributed by atoms with Gasteiger partial charge in [-0.15, -0.1) is 0 Å². The van der Waals surface area contributed by atoms with Crippen molar-refractivity contribution in [2.75, 3.05) is 39.9 Å². The lowest BCUT2D eigenvalue weighted by Gasteiger charge is -2.33. The molecule has 5 nitrogen and oxygen atoms in total. The van der Waals surface area contributed by atoms with E-state index in [2.05, 4.69) is 22.5 Å². The average Bonchev–Trinajstić information content (AvgIpc) is 2.51. The average molecular weight is 299 g/mol. The molecule has 2 atom stereocenters. The van der Waals surface area contributed by atoms with Gasteiger partial charge < -0.3 is 15.4 Å². The number of carbonyl (C=O) groups is 1. The number of methoxy groups -OCH3 is 1. The molecule has 0 aromatic rings. The lowest BCUT2D eigenvalue weighted by Crippen LogP contribution is -2.51. The first-order chi connectivity index (χ1) is 10.2. The molecule has 1 aliphatic heterocycles. The highest BCUT2D eigenvalue weighted by atomic mass is 16.5. The first kappa shape index (κ1) is 18.4. The van der Waals surface area contributed by atoms with Gasteiger partial charge in [0.25, 0.3) is 0 Å². The largest absolute Gasteiger partial charge is 0.385 e. The van der Waals surface area contributed by atoms with E-state index in [1.54, 1.807) is 7.11 Å². The van der Waals surface area contributed by atoms with E-state index in [0.717, 1.165) is 32.5 Å². The molecule has 1 saturated heterocycles. The maximum absolute atomic E-state index is 12.3. The monoisotopic (exact) mass is 299 g/mol. The zero-order valence-corrected chi connectivity index (χ0v) is 14.0. The number of carbonyl (C=O) groups excluding carboxylic acids is 1. The Kier molecular flexibility index (Phi) is 9.63. The van der Waals surface area contributed by atoms with Crippen molar-refractivity contribution in [1.82, 2.24) is 15.5 Å². The topological polar surface area (TPSA) is 53.6 Å². The summed E-state index contributed by atoms with van der Waals surface area (Å²) in [5, 5.41) is 6.58. The van der Waals surface area contributed by atoms with Crippen molar-refractivity contribution < 1.29 is 9.53 Å². The molecule has 0 aliphatic carbocycles. The van der Waals surface area contributed by atoms with Crippen LogP contribution in [0.3, 0.4) is 0 Å². The molecule has 124 valence electrons. The molecule has 21 heavy (non-hydrogen) atoms. The van der Waals surface area contributed by atoms with E-state index in [1.807, 2.05) is 6.92 Å². The van der Waals surface area contributed by atoms with Gasteiger partial charge in [-0.2, -0.15) is 0 Å². The summed E-state index contributed by atoms with van der Waals surface area (Å²) in [6, 6.07) is 0.477. The second-order valence-electron chi connectivity index (χ2n) is 5.96.